The molecule has 0 radical (unpaired) electrons. The second-order valence-corrected chi connectivity index (χ2v) is 9.34. The van der Waals surface area contributed by atoms with E-state index in [1.165, 1.54) is 12.0 Å². The number of nitrogens with one attached hydrogen (secondary N) is 1. The lowest BCUT2D eigenvalue weighted by molar-refractivity contribution is -0.141. The molecule has 2 aromatic rings. The van der Waals surface area contributed by atoms with Gasteiger partial charge in [-0.05, 0) is 55.9 Å². The van der Waals surface area contributed by atoms with E-state index in [1.54, 1.807) is 4.90 Å². The topological polar surface area (TPSA) is 49.4 Å². The maximum Gasteiger partial charge on any atom is 0.243 e. The van der Waals surface area contributed by atoms with Crippen molar-refractivity contribution >= 4 is 23.4 Å². The second kappa shape index (κ2) is 12.1. The highest BCUT2D eigenvalue weighted by Crippen LogP contribution is 2.20. The molecule has 3 rings (SSSR count). The maximum atomic E-state index is 13.4. The van der Waals surface area contributed by atoms with Gasteiger partial charge in [0.25, 0.3) is 0 Å². The molecule has 0 aliphatic heterocycles. The van der Waals surface area contributed by atoms with Gasteiger partial charge in [0.15, 0.2) is 0 Å². The van der Waals surface area contributed by atoms with E-state index in [2.05, 4.69) is 36.5 Å². The van der Waals surface area contributed by atoms with Crippen molar-refractivity contribution in [2.45, 2.75) is 83.8 Å². The van der Waals surface area contributed by atoms with Gasteiger partial charge in [-0.25, -0.2) is 0 Å². The van der Waals surface area contributed by atoms with Gasteiger partial charge in [-0.15, -0.1) is 0 Å². The minimum absolute atomic E-state index is 0.00571. The molecule has 1 saturated carbocycles. The van der Waals surface area contributed by atoms with Crippen LogP contribution in [0.4, 0.5) is 0 Å². The molecule has 2 aromatic carbocycles. The van der Waals surface area contributed by atoms with Crippen LogP contribution in [-0.4, -0.2) is 28.8 Å². The van der Waals surface area contributed by atoms with Gasteiger partial charge in [-0.2, -0.15) is 0 Å². The molecule has 4 nitrogen and oxygen atoms in total. The van der Waals surface area contributed by atoms with Crippen molar-refractivity contribution in [1.82, 2.24) is 10.2 Å². The highest BCUT2D eigenvalue weighted by atomic mass is 35.5. The Labute approximate surface area is 197 Å². The summed E-state index contributed by atoms with van der Waals surface area (Å²) < 4.78 is 0. The molecule has 0 spiro atoms. The third-order valence-corrected chi connectivity index (χ3v) is 6.60. The van der Waals surface area contributed by atoms with Gasteiger partial charge < -0.3 is 10.2 Å². The van der Waals surface area contributed by atoms with Crippen LogP contribution in [0.1, 0.15) is 68.6 Å². The summed E-state index contributed by atoms with van der Waals surface area (Å²) in [6.45, 7) is 4.44. The zero-order valence-corrected chi connectivity index (χ0v) is 20.0. The summed E-state index contributed by atoms with van der Waals surface area (Å²) in [4.78, 5) is 28.3. The van der Waals surface area contributed by atoms with Gasteiger partial charge in [0.2, 0.25) is 11.8 Å². The average molecular weight is 455 g/mol. The zero-order valence-electron chi connectivity index (χ0n) is 19.3. The molecule has 32 heavy (non-hydrogen) atoms. The number of aryl methyl sites for hydroxylation is 2. The molecule has 1 fully saturated rings. The number of halogens is 1. The Bertz CT molecular complexity index is 874. The summed E-state index contributed by atoms with van der Waals surface area (Å²) in [6.07, 6.45) is 7.24. The van der Waals surface area contributed by atoms with E-state index in [4.69, 9.17) is 11.6 Å². The van der Waals surface area contributed by atoms with Crippen LogP contribution in [0.3, 0.4) is 0 Å². The standard InChI is InChI=1S/C27H35ClN2O2/c1-3-25(27(32)29-24-7-5-4-6-8-24)30(19-22-13-16-23(28)17-14-22)26(31)18-15-21-11-9-20(2)10-12-21/h9-14,16-17,24-25H,3-8,15,18-19H2,1-2H3,(H,29,32). The first-order valence-corrected chi connectivity index (χ1v) is 12.2. The molecule has 0 saturated heterocycles. The first kappa shape index (κ1) is 24.3. The van der Waals surface area contributed by atoms with Crippen molar-refractivity contribution in [3.8, 4) is 0 Å². The van der Waals surface area contributed by atoms with Gasteiger partial charge in [-0.1, -0.05) is 79.7 Å². The zero-order chi connectivity index (χ0) is 22.9. The van der Waals surface area contributed by atoms with Crippen molar-refractivity contribution in [2.24, 2.45) is 0 Å². The molecular formula is C27H35ClN2O2. The summed E-state index contributed by atoms with van der Waals surface area (Å²) in [5, 5.41) is 3.89. The van der Waals surface area contributed by atoms with Crippen LogP contribution in [0.15, 0.2) is 48.5 Å². The molecule has 0 aromatic heterocycles. The third-order valence-electron chi connectivity index (χ3n) is 6.35. The van der Waals surface area contributed by atoms with Gasteiger partial charge >= 0.3 is 0 Å². The van der Waals surface area contributed by atoms with Crippen molar-refractivity contribution < 1.29 is 9.59 Å². The number of carbonyl (C=O) groups excluding carboxylic acids is 2. The fourth-order valence-electron chi connectivity index (χ4n) is 4.40. The third kappa shape index (κ3) is 7.09. The Morgan fingerprint density at radius 3 is 2.25 bits per heavy atom. The van der Waals surface area contributed by atoms with Crippen molar-refractivity contribution in [2.75, 3.05) is 0 Å². The van der Waals surface area contributed by atoms with Crippen LogP contribution in [-0.2, 0) is 22.6 Å². The normalized spacial score (nSPS) is 15.2. The van der Waals surface area contributed by atoms with Crippen LogP contribution in [0.5, 0.6) is 0 Å². The molecule has 1 atom stereocenters. The molecule has 0 heterocycles. The largest absolute Gasteiger partial charge is 0.352 e. The number of rotatable bonds is 9. The van der Waals surface area contributed by atoms with E-state index in [1.807, 2.05) is 31.2 Å². The fraction of sp³-hybridized carbons (Fsp3) is 0.481. The highest BCUT2D eigenvalue weighted by Gasteiger charge is 2.30. The number of hydrogen-bond donors (Lipinski definition) is 1. The van der Waals surface area contributed by atoms with Crippen molar-refractivity contribution in [3.63, 3.8) is 0 Å². The van der Waals surface area contributed by atoms with Gasteiger partial charge in [-0.3, -0.25) is 9.59 Å². The van der Waals surface area contributed by atoms with Crippen LogP contribution in [0.2, 0.25) is 5.02 Å². The summed E-state index contributed by atoms with van der Waals surface area (Å²) in [5.74, 6) is -0.0248. The Morgan fingerprint density at radius 2 is 1.62 bits per heavy atom. The van der Waals surface area contributed by atoms with Crippen LogP contribution < -0.4 is 5.32 Å². The number of benzene rings is 2. The quantitative estimate of drug-likeness (QED) is 0.517. The van der Waals surface area contributed by atoms with E-state index >= 15 is 0 Å². The second-order valence-electron chi connectivity index (χ2n) is 8.90. The van der Waals surface area contributed by atoms with E-state index in [0.717, 1.165) is 36.8 Å². The molecule has 1 unspecified atom stereocenters. The highest BCUT2D eigenvalue weighted by molar-refractivity contribution is 6.30. The smallest absolute Gasteiger partial charge is 0.243 e. The lowest BCUT2D eigenvalue weighted by atomic mass is 9.95. The Hall–Kier alpha value is -2.33. The maximum absolute atomic E-state index is 13.4. The molecule has 1 aliphatic rings. The van der Waals surface area contributed by atoms with E-state index < -0.39 is 6.04 Å². The predicted molar refractivity (Wildman–Crippen MR) is 131 cm³/mol. The Balaban J connectivity index is 1.73. The predicted octanol–water partition coefficient (Wildman–Crippen LogP) is 5.84. The monoisotopic (exact) mass is 454 g/mol. The summed E-state index contributed by atoms with van der Waals surface area (Å²) in [5.41, 5.74) is 3.31. The van der Waals surface area contributed by atoms with Gasteiger partial charge in [0, 0.05) is 24.0 Å². The molecule has 1 aliphatic carbocycles. The van der Waals surface area contributed by atoms with E-state index in [-0.39, 0.29) is 17.9 Å². The summed E-state index contributed by atoms with van der Waals surface area (Å²) in [6, 6.07) is 15.5. The van der Waals surface area contributed by atoms with Crippen LogP contribution >= 0.6 is 11.6 Å². The Morgan fingerprint density at radius 1 is 1.00 bits per heavy atom. The van der Waals surface area contributed by atoms with E-state index in [0.29, 0.717) is 30.8 Å². The lowest BCUT2D eigenvalue weighted by Crippen LogP contribution is -2.51. The minimum Gasteiger partial charge on any atom is -0.352 e. The molecular weight excluding hydrogens is 420 g/mol. The SMILES string of the molecule is CCC(C(=O)NC1CCCCC1)N(Cc1ccc(Cl)cc1)C(=O)CCc1ccc(C)cc1. The minimum atomic E-state index is -0.474. The number of nitrogens with zero attached hydrogens (tertiary/aromatic N) is 1. The summed E-state index contributed by atoms with van der Waals surface area (Å²) >= 11 is 6.04. The molecule has 172 valence electrons. The van der Waals surface area contributed by atoms with Crippen molar-refractivity contribution in [1.29, 1.82) is 0 Å². The number of hydrogen-bond acceptors (Lipinski definition) is 2. The van der Waals surface area contributed by atoms with Gasteiger partial charge in [0.05, 0.1) is 0 Å². The van der Waals surface area contributed by atoms with Crippen molar-refractivity contribution in [3.05, 3.63) is 70.2 Å². The summed E-state index contributed by atoms with van der Waals surface area (Å²) in [7, 11) is 0. The van der Waals surface area contributed by atoms with Crippen LogP contribution in [0.25, 0.3) is 0 Å². The first-order chi connectivity index (χ1) is 15.5. The van der Waals surface area contributed by atoms with Gasteiger partial charge in [0.1, 0.15) is 6.04 Å². The molecule has 1 N–H and O–H groups in total. The first-order valence-electron chi connectivity index (χ1n) is 11.9. The fourth-order valence-corrected chi connectivity index (χ4v) is 4.53. The molecule has 0 bridgehead atoms. The Kier molecular flexibility index (Phi) is 9.16. The molecule has 5 heteroatoms. The lowest BCUT2D eigenvalue weighted by Gasteiger charge is -2.33. The number of carbonyl (C=O) groups is 2. The number of amides is 2. The van der Waals surface area contributed by atoms with Crippen LogP contribution in [0, 0.1) is 6.92 Å². The average Bonchev–Trinajstić information content (AvgIpc) is 2.80. The molecule has 2 amide bonds. The van der Waals surface area contributed by atoms with E-state index in [9.17, 15) is 9.59 Å².